The van der Waals surface area contributed by atoms with Crippen molar-refractivity contribution in [1.29, 1.82) is 0 Å². The lowest BCUT2D eigenvalue weighted by atomic mass is 10.2. The monoisotopic (exact) mass is 487 g/mol. The standard InChI is InChI=1S/C24H23F2N3O4S/c1-32-17-9-5-15(6-10-17)14-19-22(31)29(16-7-11-18(12-8-16)33-23(25)26)24(28-19)34-20-4-2-3-13-27-21(20)30/h5-12,14,20,23H,2-4,13H2,1H3,(H,27,30)/b19-14+. The number of thioether (sulfide) groups is 1. The number of amides is 2. The number of nitrogens with one attached hydrogen (secondary N) is 1. The van der Waals surface area contributed by atoms with E-state index in [4.69, 9.17) is 4.74 Å². The maximum absolute atomic E-state index is 13.4. The minimum Gasteiger partial charge on any atom is -0.497 e. The average molecular weight is 488 g/mol. The van der Waals surface area contributed by atoms with Crippen LogP contribution in [0.15, 0.2) is 59.2 Å². The number of ether oxygens (including phenoxy) is 2. The van der Waals surface area contributed by atoms with Crippen molar-refractivity contribution in [2.24, 2.45) is 4.99 Å². The number of benzene rings is 2. The van der Waals surface area contributed by atoms with Crippen LogP contribution in [0.4, 0.5) is 14.5 Å². The van der Waals surface area contributed by atoms with Crippen LogP contribution in [0, 0.1) is 0 Å². The van der Waals surface area contributed by atoms with Gasteiger partial charge in [0, 0.05) is 6.54 Å². The van der Waals surface area contributed by atoms with Gasteiger partial charge in [-0.3, -0.25) is 14.5 Å². The summed E-state index contributed by atoms with van der Waals surface area (Å²) in [5.74, 6) is 0.196. The number of halogens is 2. The second-order valence-electron chi connectivity index (χ2n) is 7.60. The number of anilines is 1. The normalized spacial score (nSPS) is 19.8. The highest BCUT2D eigenvalue weighted by Gasteiger charge is 2.35. The number of amidine groups is 1. The molecule has 0 radical (unpaired) electrons. The summed E-state index contributed by atoms with van der Waals surface area (Å²) in [6.45, 7) is -2.32. The van der Waals surface area contributed by atoms with Crippen molar-refractivity contribution in [2.75, 3.05) is 18.6 Å². The lowest BCUT2D eigenvalue weighted by Crippen LogP contribution is -2.35. The van der Waals surface area contributed by atoms with Crippen molar-refractivity contribution < 1.29 is 27.8 Å². The third kappa shape index (κ3) is 5.56. The number of rotatable bonds is 6. The molecule has 178 valence electrons. The summed E-state index contributed by atoms with van der Waals surface area (Å²) >= 11 is 1.22. The number of aliphatic imine (C=N–C) groups is 1. The Bertz CT molecular complexity index is 1100. The van der Waals surface area contributed by atoms with Gasteiger partial charge in [-0.05, 0) is 60.9 Å². The number of methoxy groups -OCH3 is 1. The summed E-state index contributed by atoms with van der Waals surface area (Å²) < 4.78 is 34.6. The van der Waals surface area contributed by atoms with E-state index in [0.29, 0.717) is 29.6 Å². The third-order valence-electron chi connectivity index (χ3n) is 5.30. The van der Waals surface area contributed by atoms with Gasteiger partial charge in [0.1, 0.15) is 17.2 Å². The Hall–Kier alpha value is -3.40. The Labute approximate surface area is 199 Å². The van der Waals surface area contributed by atoms with Crippen LogP contribution in [0.1, 0.15) is 24.8 Å². The highest BCUT2D eigenvalue weighted by atomic mass is 32.2. The Balaban J connectivity index is 1.65. The van der Waals surface area contributed by atoms with Crippen LogP contribution in [0.5, 0.6) is 11.5 Å². The molecule has 2 aromatic rings. The zero-order valence-electron chi connectivity index (χ0n) is 18.4. The number of nitrogens with zero attached hydrogens (tertiary/aromatic N) is 2. The van der Waals surface area contributed by atoms with Gasteiger partial charge in [-0.1, -0.05) is 30.3 Å². The number of carbonyl (C=O) groups is 2. The average Bonchev–Trinajstić information content (AvgIpc) is 2.98. The molecule has 10 heteroatoms. The highest BCUT2D eigenvalue weighted by Crippen LogP contribution is 2.34. The Kier molecular flexibility index (Phi) is 7.46. The highest BCUT2D eigenvalue weighted by molar-refractivity contribution is 8.15. The molecule has 1 saturated heterocycles. The fraction of sp³-hybridized carbons (Fsp3) is 0.292. The van der Waals surface area contributed by atoms with Gasteiger partial charge in [-0.15, -0.1) is 0 Å². The van der Waals surface area contributed by atoms with Crippen molar-refractivity contribution in [3.8, 4) is 11.5 Å². The van der Waals surface area contributed by atoms with Gasteiger partial charge in [-0.25, -0.2) is 4.99 Å². The lowest BCUT2D eigenvalue weighted by Gasteiger charge is -2.21. The van der Waals surface area contributed by atoms with Gasteiger partial charge in [0.15, 0.2) is 5.17 Å². The largest absolute Gasteiger partial charge is 0.497 e. The van der Waals surface area contributed by atoms with Crippen molar-refractivity contribution in [3.63, 3.8) is 0 Å². The summed E-state index contributed by atoms with van der Waals surface area (Å²) in [6, 6.07) is 12.9. The summed E-state index contributed by atoms with van der Waals surface area (Å²) in [6.07, 6.45) is 4.10. The molecular weight excluding hydrogens is 464 g/mol. The molecule has 1 atom stereocenters. The van der Waals surface area contributed by atoms with Gasteiger partial charge in [0.2, 0.25) is 5.91 Å². The maximum atomic E-state index is 13.4. The Morgan fingerprint density at radius 1 is 1.09 bits per heavy atom. The smallest absolute Gasteiger partial charge is 0.387 e. The molecule has 2 aromatic carbocycles. The molecule has 4 rings (SSSR count). The third-order valence-corrected chi connectivity index (χ3v) is 6.52. The van der Waals surface area contributed by atoms with Gasteiger partial charge in [0.25, 0.3) is 5.91 Å². The SMILES string of the molecule is COc1ccc(/C=C2/N=C(SC3CCCCNC3=O)N(c3ccc(OC(F)F)cc3)C2=O)cc1. The molecule has 1 fully saturated rings. The van der Waals surface area contributed by atoms with E-state index >= 15 is 0 Å². The molecule has 1 unspecified atom stereocenters. The fourth-order valence-electron chi connectivity index (χ4n) is 3.59. The van der Waals surface area contributed by atoms with Gasteiger partial charge in [-0.2, -0.15) is 8.78 Å². The van der Waals surface area contributed by atoms with Gasteiger partial charge < -0.3 is 14.8 Å². The Morgan fingerprint density at radius 2 is 1.79 bits per heavy atom. The molecule has 0 spiro atoms. The molecule has 7 nitrogen and oxygen atoms in total. The first-order valence-corrected chi connectivity index (χ1v) is 11.6. The minimum absolute atomic E-state index is 0.0197. The van der Waals surface area contributed by atoms with E-state index in [2.05, 4.69) is 15.0 Å². The lowest BCUT2D eigenvalue weighted by molar-refractivity contribution is -0.120. The van der Waals surface area contributed by atoms with E-state index in [1.54, 1.807) is 37.5 Å². The number of carbonyl (C=O) groups excluding carboxylic acids is 2. The van der Waals surface area contributed by atoms with Crippen LogP contribution in [-0.2, 0) is 9.59 Å². The van der Waals surface area contributed by atoms with Gasteiger partial charge >= 0.3 is 6.61 Å². The summed E-state index contributed by atoms with van der Waals surface area (Å²) in [5.41, 5.74) is 1.40. The van der Waals surface area contributed by atoms with Crippen molar-refractivity contribution in [3.05, 3.63) is 59.8 Å². The quantitative estimate of drug-likeness (QED) is 0.610. The Morgan fingerprint density at radius 3 is 2.47 bits per heavy atom. The summed E-state index contributed by atoms with van der Waals surface area (Å²) in [4.78, 5) is 31.8. The first kappa shape index (κ1) is 23.7. The van der Waals surface area contributed by atoms with Crippen molar-refractivity contribution >= 4 is 40.5 Å². The maximum Gasteiger partial charge on any atom is 0.387 e. The molecule has 2 heterocycles. The molecule has 0 saturated carbocycles. The molecule has 2 aliphatic heterocycles. The van der Waals surface area contributed by atoms with E-state index in [1.807, 2.05) is 0 Å². The molecule has 0 aromatic heterocycles. The first-order valence-electron chi connectivity index (χ1n) is 10.7. The zero-order chi connectivity index (χ0) is 24.1. The van der Waals surface area contributed by atoms with Crippen LogP contribution >= 0.6 is 11.8 Å². The second kappa shape index (κ2) is 10.7. The van der Waals surface area contributed by atoms with Crippen LogP contribution < -0.4 is 19.7 Å². The van der Waals surface area contributed by atoms with E-state index in [1.165, 1.54) is 40.9 Å². The zero-order valence-corrected chi connectivity index (χ0v) is 19.2. The molecule has 0 aliphatic carbocycles. The summed E-state index contributed by atoms with van der Waals surface area (Å²) in [5, 5.41) is 2.86. The molecular formula is C24H23F2N3O4S. The van der Waals surface area contributed by atoms with E-state index in [9.17, 15) is 18.4 Å². The fourth-order valence-corrected chi connectivity index (χ4v) is 4.76. The van der Waals surface area contributed by atoms with E-state index in [-0.39, 0.29) is 23.3 Å². The van der Waals surface area contributed by atoms with Crippen LogP contribution in [-0.4, -0.2) is 42.5 Å². The predicted molar refractivity (Wildman–Crippen MR) is 127 cm³/mol. The number of alkyl halides is 2. The molecule has 0 bridgehead atoms. The van der Waals surface area contributed by atoms with Crippen LogP contribution in [0.3, 0.4) is 0 Å². The topological polar surface area (TPSA) is 80.2 Å². The first-order chi connectivity index (χ1) is 16.4. The van der Waals surface area contributed by atoms with Crippen molar-refractivity contribution in [1.82, 2.24) is 5.32 Å². The van der Waals surface area contributed by atoms with E-state index in [0.717, 1.165) is 18.4 Å². The summed E-state index contributed by atoms with van der Waals surface area (Å²) in [7, 11) is 1.57. The molecule has 34 heavy (non-hydrogen) atoms. The number of hydrogen-bond donors (Lipinski definition) is 1. The van der Waals surface area contributed by atoms with Gasteiger partial charge in [0.05, 0.1) is 18.0 Å². The second-order valence-corrected chi connectivity index (χ2v) is 8.77. The van der Waals surface area contributed by atoms with Crippen molar-refractivity contribution in [2.45, 2.75) is 31.1 Å². The minimum atomic E-state index is -2.94. The predicted octanol–water partition coefficient (Wildman–Crippen LogP) is 4.44. The number of hydrogen-bond acceptors (Lipinski definition) is 6. The van der Waals surface area contributed by atoms with Crippen LogP contribution in [0.25, 0.3) is 6.08 Å². The molecule has 2 amide bonds. The molecule has 2 aliphatic rings. The van der Waals surface area contributed by atoms with Crippen LogP contribution in [0.2, 0.25) is 0 Å². The molecule has 1 N–H and O–H groups in total. The van der Waals surface area contributed by atoms with E-state index < -0.39 is 11.9 Å².